The van der Waals surface area contributed by atoms with Crippen LogP contribution in [0.5, 0.6) is 0 Å². The molecule has 0 saturated heterocycles. The van der Waals surface area contributed by atoms with Crippen LogP contribution >= 0.6 is 0 Å². The Morgan fingerprint density at radius 3 is 2.69 bits per heavy atom. The molecule has 1 aliphatic carbocycles. The van der Waals surface area contributed by atoms with Crippen LogP contribution in [0.3, 0.4) is 0 Å². The van der Waals surface area contributed by atoms with Gasteiger partial charge in [-0.15, -0.1) is 0 Å². The Morgan fingerprint density at radius 1 is 1.16 bits per heavy atom. The van der Waals surface area contributed by atoms with Crippen molar-refractivity contribution in [2.24, 2.45) is 0 Å². The fraction of sp³-hybridized carbons (Fsp3) is 0.400. The molecule has 32 heavy (non-hydrogen) atoms. The number of nitrogens with zero attached hydrogens (tertiary/aromatic N) is 3. The monoisotopic (exact) mass is 432 g/mol. The van der Waals surface area contributed by atoms with E-state index in [0.29, 0.717) is 24.5 Å². The molecule has 1 fully saturated rings. The van der Waals surface area contributed by atoms with Gasteiger partial charge in [0, 0.05) is 25.0 Å². The summed E-state index contributed by atoms with van der Waals surface area (Å²) in [6, 6.07) is 11.3. The zero-order valence-electron chi connectivity index (χ0n) is 18.3. The van der Waals surface area contributed by atoms with Crippen molar-refractivity contribution in [3.63, 3.8) is 0 Å². The van der Waals surface area contributed by atoms with Crippen LogP contribution in [0.25, 0.3) is 11.5 Å². The van der Waals surface area contributed by atoms with Gasteiger partial charge in [-0.3, -0.25) is 14.6 Å². The van der Waals surface area contributed by atoms with Gasteiger partial charge in [-0.1, -0.05) is 25.3 Å². The van der Waals surface area contributed by atoms with Crippen LogP contribution in [-0.2, 0) is 17.9 Å². The zero-order chi connectivity index (χ0) is 22.1. The fourth-order valence-electron chi connectivity index (χ4n) is 4.92. The van der Waals surface area contributed by atoms with E-state index < -0.39 is 5.54 Å². The number of fused-ring (bicyclic) bond motifs is 1. The van der Waals surface area contributed by atoms with E-state index in [4.69, 9.17) is 4.42 Å². The number of pyridine rings is 1. The molecule has 7 nitrogen and oxygen atoms in total. The molecule has 1 atom stereocenters. The topological polar surface area (TPSA) is 80.4 Å². The highest BCUT2D eigenvalue weighted by molar-refractivity contribution is 6.00. The number of nitrogens with one attached hydrogen (secondary N) is 1. The van der Waals surface area contributed by atoms with Crippen molar-refractivity contribution in [1.82, 2.24) is 19.8 Å². The summed E-state index contributed by atoms with van der Waals surface area (Å²) in [4.78, 5) is 33.3. The van der Waals surface area contributed by atoms with E-state index in [9.17, 15) is 9.59 Å². The smallest absolute Gasteiger partial charge is 0.271 e. The van der Waals surface area contributed by atoms with Gasteiger partial charge >= 0.3 is 0 Å². The van der Waals surface area contributed by atoms with Gasteiger partial charge in [-0.2, -0.15) is 0 Å². The molecular weight excluding hydrogens is 404 g/mol. The van der Waals surface area contributed by atoms with Gasteiger partial charge in [0.15, 0.2) is 0 Å². The molecule has 166 valence electrons. The van der Waals surface area contributed by atoms with Crippen molar-refractivity contribution < 1.29 is 14.0 Å². The molecule has 2 amide bonds. The van der Waals surface area contributed by atoms with Crippen molar-refractivity contribution in [2.75, 3.05) is 0 Å². The predicted molar refractivity (Wildman–Crippen MR) is 120 cm³/mol. The highest BCUT2D eigenvalue weighted by atomic mass is 16.3. The second kappa shape index (κ2) is 8.30. The van der Waals surface area contributed by atoms with Crippen LogP contribution in [0.1, 0.15) is 55.1 Å². The lowest BCUT2D eigenvalue weighted by Gasteiger charge is -2.45. The summed E-state index contributed by atoms with van der Waals surface area (Å²) in [5.74, 6) is 0.408. The zero-order valence-corrected chi connectivity index (χ0v) is 18.3. The molecule has 1 saturated carbocycles. The number of furan rings is 1. The van der Waals surface area contributed by atoms with Crippen molar-refractivity contribution >= 4 is 11.8 Å². The second-order valence-electron chi connectivity index (χ2n) is 9.00. The second-order valence-corrected chi connectivity index (χ2v) is 9.00. The first-order chi connectivity index (χ1) is 15.6. The van der Waals surface area contributed by atoms with E-state index in [-0.39, 0.29) is 17.9 Å². The molecule has 2 aliphatic rings. The molecule has 7 heteroatoms. The van der Waals surface area contributed by atoms with Crippen molar-refractivity contribution in [3.8, 4) is 11.5 Å². The van der Waals surface area contributed by atoms with Crippen LogP contribution < -0.4 is 5.32 Å². The maximum absolute atomic E-state index is 13.7. The highest BCUT2D eigenvalue weighted by Crippen LogP contribution is 2.34. The van der Waals surface area contributed by atoms with Crippen molar-refractivity contribution in [2.45, 2.75) is 63.7 Å². The van der Waals surface area contributed by atoms with Crippen molar-refractivity contribution in [1.29, 1.82) is 0 Å². The first-order valence-corrected chi connectivity index (χ1v) is 11.3. The van der Waals surface area contributed by atoms with Gasteiger partial charge in [0.05, 0.1) is 18.5 Å². The molecule has 4 heterocycles. The fourth-order valence-corrected chi connectivity index (χ4v) is 4.92. The summed E-state index contributed by atoms with van der Waals surface area (Å²) in [6.45, 7) is 2.55. The van der Waals surface area contributed by atoms with Gasteiger partial charge in [0.2, 0.25) is 5.91 Å². The summed E-state index contributed by atoms with van der Waals surface area (Å²) in [6.07, 6.45) is 10.5. The molecule has 3 aromatic rings. The molecule has 0 radical (unpaired) electrons. The van der Waals surface area contributed by atoms with Crippen LogP contribution in [0.15, 0.2) is 59.5 Å². The van der Waals surface area contributed by atoms with Crippen LogP contribution in [-0.4, -0.2) is 37.8 Å². The molecule has 0 bridgehead atoms. The summed E-state index contributed by atoms with van der Waals surface area (Å²) in [7, 11) is 0. The Labute approximate surface area is 187 Å². The third-order valence-corrected chi connectivity index (χ3v) is 6.77. The molecular formula is C25H28N4O3. The minimum atomic E-state index is -1.04. The lowest BCUT2D eigenvalue weighted by atomic mass is 9.91. The number of hydrogen-bond acceptors (Lipinski definition) is 4. The lowest BCUT2D eigenvalue weighted by Crippen LogP contribution is -2.64. The summed E-state index contributed by atoms with van der Waals surface area (Å²) in [5.41, 5.74) is 1.21. The SMILES string of the molecule is CC1(C(=O)NC2CCCCC2)Cn2c(ccc2-c2ccco2)C(=O)N1Cc1cccnc1. The lowest BCUT2D eigenvalue weighted by molar-refractivity contribution is -0.134. The largest absolute Gasteiger partial charge is 0.463 e. The average molecular weight is 433 g/mol. The molecule has 1 N–H and O–H groups in total. The predicted octanol–water partition coefficient (Wildman–Crippen LogP) is 4.01. The van der Waals surface area contributed by atoms with Crippen molar-refractivity contribution in [3.05, 3.63) is 66.3 Å². The molecule has 1 aliphatic heterocycles. The van der Waals surface area contributed by atoms with Crippen LogP contribution in [0.2, 0.25) is 0 Å². The Hall–Kier alpha value is -3.35. The Kier molecular flexibility index (Phi) is 5.33. The maximum Gasteiger partial charge on any atom is 0.271 e. The first-order valence-electron chi connectivity index (χ1n) is 11.3. The van der Waals surface area contributed by atoms with Gasteiger partial charge < -0.3 is 19.2 Å². The van der Waals surface area contributed by atoms with Gasteiger partial charge in [0.1, 0.15) is 17.0 Å². The quantitative estimate of drug-likeness (QED) is 0.661. The molecule has 0 aromatic carbocycles. The number of rotatable bonds is 5. The van der Waals surface area contributed by atoms with E-state index in [1.54, 1.807) is 23.6 Å². The van der Waals surface area contributed by atoms with E-state index in [2.05, 4.69) is 10.3 Å². The van der Waals surface area contributed by atoms with E-state index >= 15 is 0 Å². The third-order valence-electron chi connectivity index (χ3n) is 6.77. The van der Waals surface area contributed by atoms with Gasteiger partial charge in [-0.25, -0.2) is 0 Å². The highest BCUT2D eigenvalue weighted by Gasteiger charge is 2.48. The standard InChI is InChI=1S/C25H28N4O3/c1-25(24(31)27-19-8-3-2-4-9-19)17-28-20(22-10-6-14-32-22)11-12-21(28)23(30)29(25)16-18-7-5-13-26-15-18/h5-7,10-15,19H,2-4,8-9,16-17H2,1H3,(H,27,31). The normalized spacial score (nSPS) is 21.4. The van der Waals surface area contributed by atoms with Gasteiger partial charge in [0.25, 0.3) is 5.91 Å². The number of amides is 2. The molecule has 3 aromatic heterocycles. The molecule has 1 unspecified atom stereocenters. The molecule has 5 rings (SSSR count). The summed E-state index contributed by atoms with van der Waals surface area (Å²) in [5, 5.41) is 3.26. The van der Waals surface area contributed by atoms with E-state index in [1.807, 2.05) is 47.9 Å². The third kappa shape index (κ3) is 3.61. The summed E-state index contributed by atoms with van der Waals surface area (Å²) < 4.78 is 7.52. The number of hydrogen-bond donors (Lipinski definition) is 1. The Bertz CT molecular complexity index is 1100. The Balaban J connectivity index is 1.52. The number of carbonyl (C=O) groups excluding carboxylic acids is 2. The minimum absolute atomic E-state index is 0.105. The minimum Gasteiger partial charge on any atom is -0.463 e. The Morgan fingerprint density at radius 2 is 1.97 bits per heavy atom. The number of aromatic nitrogens is 2. The van der Waals surface area contributed by atoms with E-state index in [0.717, 1.165) is 36.9 Å². The molecule has 0 spiro atoms. The maximum atomic E-state index is 13.7. The number of carbonyl (C=O) groups is 2. The average Bonchev–Trinajstić information content (AvgIpc) is 3.48. The van der Waals surface area contributed by atoms with Crippen LogP contribution in [0.4, 0.5) is 0 Å². The van der Waals surface area contributed by atoms with E-state index in [1.165, 1.54) is 6.42 Å². The van der Waals surface area contributed by atoms with Crippen LogP contribution in [0, 0.1) is 0 Å². The van der Waals surface area contributed by atoms with Gasteiger partial charge in [-0.05, 0) is 55.7 Å². The summed E-state index contributed by atoms with van der Waals surface area (Å²) >= 11 is 0. The first kappa shape index (κ1) is 20.5.